The van der Waals surface area contributed by atoms with Crippen molar-refractivity contribution in [2.24, 2.45) is 16.7 Å². The van der Waals surface area contributed by atoms with Crippen molar-refractivity contribution in [1.29, 1.82) is 0 Å². The first-order chi connectivity index (χ1) is 9.27. The normalized spacial score (nSPS) is 28.8. The topological polar surface area (TPSA) is 75.6 Å². The minimum absolute atomic E-state index is 0.0277. The van der Waals surface area contributed by atoms with Gasteiger partial charge in [0.15, 0.2) is 0 Å². The van der Waals surface area contributed by atoms with E-state index in [0.717, 1.165) is 19.4 Å². The van der Waals surface area contributed by atoms with Crippen LogP contribution in [-0.2, 0) is 14.3 Å². The Kier molecular flexibility index (Phi) is 4.09. The van der Waals surface area contributed by atoms with Crippen molar-refractivity contribution in [3.8, 4) is 0 Å². The van der Waals surface area contributed by atoms with Crippen molar-refractivity contribution in [3.63, 3.8) is 0 Å². The molecule has 0 aromatic heterocycles. The van der Waals surface area contributed by atoms with E-state index >= 15 is 0 Å². The maximum Gasteiger partial charge on any atom is 0.319 e. The molecule has 1 heterocycles. The average Bonchev–Trinajstić information content (AvgIpc) is 3.16. The summed E-state index contributed by atoms with van der Waals surface area (Å²) in [5.41, 5.74) is -1.12. The van der Waals surface area contributed by atoms with Gasteiger partial charge >= 0.3 is 5.97 Å². The van der Waals surface area contributed by atoms with Crippen LogP contribution in [0.25, 0.3) is 0 Å². The Labute approximate surface area is 120 Å². The lowest BCUT2D eigenvalue weighted by Gasteiger charge is -2.40. The van der Waals surface area contributed by atoms with Crippen LogP contribution in [0.2, 0.25) is 0 Å². The van der Waals surface area contributed by atoms with Crippen LogP contribution in [0, 0.1) is 16.7 Å². The van der Waals surface area contributed by atoms with E-state index in [0.29, 0.717) is 19.4 Å². The quantitative estimate of drug-likeness (QED) is 0.772. The number of amides is 1. The molecular formula is C15H25NO4. The maximum absolute atomic E-state index is 12.0. The van der Waals surface area contributed by atoms with Gasteiger partial charge < -0.3 is 15.2 Å². The highest BCUT2D eigenvalue weighted by atomic mass is 16.5. The lowest BCUT2D eigenvalue weighted by atomic mass is 9.78. The van der Waals surface area contributed by atoms with E-state index in [1.165, 1.54) is 0 Å². The van der Waals surface area contributed by atoms with Gasteiger partial charge in [0.1, 0.15) is 5.41 Å². The predicted molar refractivity (Wildman–Crippen MR) is 74.2 cm³/mol. The second-order valence-corrected chi connectivity index (χ2v) is 7.16. The molecule has 0 radical (unpaired) electrons. The molecule has 2 aliphatic rings. The Balaban J connectivity index is 1.92. The van der Waals surface area contributed by atoms with Crippen LogP contribution in [0.1, 0.15) is 46.5 Å². The monoisotopic (exact) mass is 283 g/mol. The van der Waals surface area contributed by atoms with Crippen molar-refractivity contribution in [2.75, 3.05) is 13.2 Å². The van der Waals surface area contributed by atoms with Crippen molar-refractivity contribution in [3.05, 3.63) is 0 Å². The minimum Gasteiger partial charge on any atom is -0.480 e. The molecule has 20 heavy (non-hydrogen) atoms. The van der Waals surface area contributed by atoms with E-state index in [4.69, 9.17) is 9.84 Å². The summed E-state index contributed by atoms with van der Waals surface area (Å²) in [5.74, 6) is -1.07. The third-order valence-corrected chi connectivity index (χ3v) is 4.42. The number of aliphatic carboxylic acids is 1. The second kappa shape index (κ2) is 5.35. The van der Waals surface area contributed by atoms with Gasteiger partial charge in [0.05, 0.1) is 6.10 Å². The Morgan fingerprint density at radius 3 is 2.50 bits per heavy atom. The summed E-state index contributed by atoms with van der Waals surface area (Å²) in [6.45, 7) is 7.69. The number of carboxylic acid groups (broad SMARTS) is 1. The second-order valence-electron chi connectivity index (χ2n) is 7.16. The number of carboxylic acids is 1. The molecule has 1 amide bonds. The number of hydrogen-bond donors (Lipinski definition) is 2. The van der Waals surface area contributed by atoms with Gasteiger partial charge in [-0.3, -0.25) is 9.59 Å². The van der Waals surface area contributed by atoms with Gasteiger partial charge in [-0.25, -0.2) is 0 Å². The lowest BCUT2D eigenvalue weighted by Crippen LogP contribution is -2.47. The molecule has 5 nitrogen and oxygen atoms in total. The molecule has 5 heteroatoms. The van der Waals surface area contributed by atoms with E-state index in [9.17, 15) is 9.59 Å². The molecule has 0 aromatic carbocycles. The number of rotatable bonds is 4. The average molecular weight is 283 g/mol. The van der Waals surface area contributed by atoms with E-state index in [1.807, 2.05) is 0 Å². The van der Waals surface area contributed by atoms with Crippen molar-refractivity contribution in [1.82, 2.24) is 5.32 Å². The van der Waals surface area contributed by atoms with Gasteiger partial charge in [-0.1, -0.05) is 20.8 Å². The van der Waals surface area contributed by atoms with Crippen molar-refractivity contribution in [2.45, 2.75) is 52.6 Å². The van der Waals surface area contributed by atoms with Crippen LogP contribution in [0.5, 0.6) is 0 Å². The molecule has 2 N–H and O–H groups in total. The first kappa shape index (κ1) is 15.3. The molecular weight excluding hydrogens is 258 g/mol. The molecule has 114 valence electrons. The number of nitrogens with one attached hydrogen (secondary N) is 1. The fourth-order valence-electron chi connectivity index (χ4n) is 3.07. The Bertz CT molecular complexity index is 395. The number of carbonyl (C=O) groups is 2. The van der Waals surface area contributed by atoms with Crippen LogP contribution in [0.4, 0.5) is 0 Å². The summed E-state index contributed by atoms with van der Waals surface area (Å²) >= 11 is 0. The van der Waals surface area contributed by atoms with Gasteiger partial charge in [-0.2, -0.15) is 0 Å². The predicted octanol–water partition coefficient (Wildman–Crippen LogP) is 1.81. The molecule has 2 rings (SSSR count). The molecule has 1 aliphatic carbocycles. The third kappa shape index (κ3) is 2.97. The number of hydrogen-bond acceptors (Lipinski definition) is 3. The third-order valence-electron chi connectivity index (χ3n) is 4.42. The Hall–Kier alpha value is -1.10. The Morgan fingerprint density at radius 1 is 1.35 bits per heavy atom. The van der Waals surface area contributed by atoms with Crippen LogP contribution in [-0.4, -0.2) is 36.2 Å². The number of carbonyl (C=O) groups excluding carboxylic acids is 1. The van der Waals surface area contributed by atoms with Gasteiger partial charge in [-0.05, 0) is 31.1 Å². The van der Waals surface area contributed by atoms with Crippen LogP contribution < -0.4 is 5.32 Å². The molecule has 2 fully saturated rings. The van der Waals surface area contributed by atoms with E-state index < -0.39 is 11.4 Å². The molecule has 0 bridgehead atoms. The highest BCUT2D eigenvalue weighted by Gasteiger charge is 2.57. The van der Waals surface area contributed by atoms with Gasteiger partial charge in [-0.15, -0.1) is 0 Å². The summed E-state index contributed by atoms with van der Waals surface area (Å²) in [5, 5.41) is 11.9. The highest BCUT2D eigenvalue weighted by Crippen LogP contribution is 2.46. The first-order valence-corrected chi connectivity index (χ1v) is 7.41. The Morgan fingerprint density at radius 2 is 2.00 bits per heavy atom. The van der Waals surface area contributed by atoms with Gasteiger partial charge in [0, 0.05) is 19.1 Å². The fourth-order valence-corrected chi connectivity index (χ4v) is 3.07. The standard InChI is InChI=1S/C15H25NO4/c1-14(2,3)11-10(5-4-8-20-11)9-16-12(17)15(6-7-15)13(18)19/h10-11H,4-9H2,1-3H3,(H,16,17)(H,18,19)/t10-,11-/m1/s1. The summed E-state index contributed by atoms with van der Waals surface area (Å²) in [4.78, 5) is 23.1. The number of ether oxygens (including phenoxy) is 1. The zero-order valence-electron chi connectivity index (χ0n) is 12.6. The molecule has 1 saturated carbocycles. The van der Waals surface area contributed by atoms with E-state index in [-0.39, 0.29) is 23.3 Å². The summed E-state index contributed by atoms with van der Waals surface area (Å²) in [6, 6.07) is 0. The largest absolute Gasteiger partial charge is 0.480 e. The molecule has 0 aromatic rings. The summed E-state index contributed by atoms with van der Waals surface area (Å²) in [6.07, 6.45) is 3.03. The fraction of sp³-hybridized carbons (Fsp3) is 0.867. The smallest absolute Gasteiger partial charge is 0.319 e. The van der Waals surface area contributed by atoms with Crippen molar-refractivity contribution < 1.29 is 19.4 Å². The first-order valence-electron chi connectivity index (χ1n) is 7.41. The molecule has 1 aliphatic heterocycles. The minimum atomic E-state index is -1.15. The molecule has 0 spiro atoms. The summed E-state index contributed by atoms with van der Waals surface area (Å²) in [7, 11) is 0. The van der Waals surface area contributed by atoms with Crippen LogP contribution >= 0.6 is 0 Å². The molecule has 0 unspecified atom stereocenters. The summed E-state index contributed by atoms with van der Waals surface area (Å²) < 4.78 is 5.87. The lowest BCUT2D eigenvalue weighted by molar-refractivity contribution is -0.149. The molecule has 1 saturated heterocycles. The van der Waals surface area contributed by atoms with Gasteiger partial charge in [0.2, 0.25) is 5.91 Å². The van der Waals surface area contributed by atoms with E-state index in [1.54, 1.807) is 0 Å². The highest BCUT2D eigenvalue weighted by molar-refractivity contribution is 6.04. The van der Waals surface area contributed by atoms with E-state index in [2.05, 4.69) is 26.1 Å². The SMILES string of the molecule is CC(C)(C)[C@@H]1OCCC[C@@H]1CNC(=O)C1(C(=O)O)CC1. The van der Waals surface area contributed by atoms with Crippen LogP contribution in [0.3, 0.4) is 0 Å². The zero-order chi connectivity index (χ0) is 15.0. The maximum atomic E-state index is 12.0. The molecule has 2 atom stereocenters. The van der Waals surface area contributed by atoms with Gasteiger partial charge in [0.25, 0.3) is 0 Å². The van der Waals surface area contributed by atoms with Crippen LogP contribution in [0.15, 0.2) is 0 Å². The van der Waals surface area contributed by atoms with Crippen molar-refractivity contribution >= 4 is 11.9 Å². The zero-order valence-corrected chi connectivity index (χ0v) is 12.6.